The number of fused-ring (bicyclic) bond motifs is 1. The Morgan fingerprint density at radius 2 is 1.21 bits per heavy atom. The fraction of sp³-hybridized carbons (Fsp3) is 0. The second kappa shape index (κ2) is 5.58. The first-order valence-corrected chi connectivity index (χ1v) is 7.37. The highest BCUT2D eigenvalue weighted by Crippen LogP contribution is 2.29. The molecule has 0 atom stereocenters. The van der Waals surface area contributed by atoms with Crippen molar-refractivity contribution in [1.29, 1.82) is 0 Å². The first-order valence-electron chi connectivity index (χ1n) is 7.37. The minimum Gasteiger partial charge on any atom is -0.290 e. The molecule has 6 heteroatoms. The molecular weight excluding hydrogens is 304 g/mol. The second-order valence-corrected chi connectivity index (χ2v) is 5.26. The maximum absolute atomic E-state index is 12.1. The Kier molecular flexibility index (Phi) is 3.28. The van der Waals surface area contributed by atoms with Crippen LogP contribution < -0.4 is 11.2 Å². The summed E-state index contributed by atoms with van der Waals surface area (Å²) in [4.78, 5) is 37.3. The topological polar surface area (TPSA) is 91.5 Å². The van der Waals surface area contributed by atoms with Crippen LogP contribution in [0.4, 0.5) is 0 Å². The molecule has 0 aliphatic heterocycles. The molecule has 2 heterocycles. The van der Waals surface area contributed by atoms with Gasteiger partial charge < -0.3 is 0 Å². The van der Waals surface area contributed by atoms with Crippen LogP contribution in [0.5, 0.6) is 0 Å². The summed E-state index contributed by atoms with van der Waals surface area (Å²) in [5.74, 6) is 0. The Bertz CT molecular complexity index is 1130. The standard InChI is InChI=1S/C18H12N4O2/c23-17-15-16(21-18(24)22-17)20-14(12-9-5-2-6-10-12)13(19-15)11-7-3-1-4-8-11/h1-10H,(H2,20,21,22,23,24). The highest BCUT2D eigenvalue weighted by molar-refractivity contribution is 5.84. The summed E-state index contributed by atoms with van der Waals surface area (Å²) < 4.78 is 0. The quantitative estimate of drug-likeness (QED) is 0.594. The van der Waals surface area contributed by atoms with E-state index in [0.29, 0.717) is 11.4 Å². The monoisotopic (exact) mass is 316 g/mol. The molecule has 2 N–H and O–H groups in total. The van der Waals surface area contributed by atoms with E-state index in [4.69, 9.17) is 0 Å². The molecule has 0 aliphatic rings. The van der Waals surface area contributed by atoms with Crippen molar-refractivity contribution in [2.45, 2.75) is 0 Å². The van der Waals surface area contributed by atoms with Gasteiger partial charge in [-0.1, -0.05) is 60.7 Å². The maximum atomic E-state index is 12.1. The number of nitrogens with zero attached hydrogens (tertiary/aromatic N) is 2. The Labute approximate surface area is 135 Å². The van der Waals surface area contributed by atoms with Crippen molar-refractivity contribution in [2.24, 2.45) is 0 Å². The molecule has 0 amide bonds. The van der Waals surface area contributed by atoms with E-state index in [-0.39, 0.29) is 11.2 Å². The Morgan fingerprint density at radius 1 is 0.667 bits per heavy atom. The lowest BCUT2D eigenvalue weighted by molar-refractivity contribution is 1.05. The van der Waals surface area contributed by atoms with Gasteiger partial charge in [0.15, 0.2) is 11.2 Å². The van der Waals surface area contributed by atoms with Gasteiger partial charge in [0.1, 0.15) is 0 Å². The smallest absolute Gasteiger partial charge is 0.290 e. The summed E-state index contributed by atoms with van der Waals surface area (Å²) in [5.41, 5.74) is 2.01. The first kappa shape index (κ1) is 14.1. The van der Waals surface area contributed by atoms with Gasteiger partial charge in [-0.05, 0) is 0 Å². The molecule has 2 aromatic heterocycles. The van der Waals surface area contributed by atoms with Crippen molar-refractivity contribution in [3.63, 3.8) is 0 Å². The molecule has 0 saturated heterocycles. The minimum atomic E-state index is -0.603. The molecule has 2 aromatic carbocycles. The van der Waals surface area contributed by atoms with Crippen LogP contribution in [-0.4, -0.2) is 19.9 Å². The first-order chi connectivity index (χ1) is 11.7. The Morgan fingerprint density at radius 3 is 1.79 bits per heavy atom. The molecular formula is C18H12N4O2. The summed E-state index contributed by atoms with van der Waals surface area (Å²) in [5, 5.41) is 0. The average molecular weight is 316 g/mol. The van der Waals surface area contributed by atoms with Gasteiger partial charge >= 0.3 is 5.69 Å². The molecule has 0 saturated carbocycles. The number of H-pyrrole nitrogens is 2. The summed E-state index contributed by atoms with van der Waals surface area (Å²) in [6.45, 7) is 0. The SMILES string of the molecule is O=c1[nH]c(=O)c2nc(-c3ccccc3)c(-c3ccccc3)nc2[nH]1. The zero-order chi connectivity index (χ0) is 16.5. The minimum absolute atomic E-state index is 0.105. The number of hydrogen-bond acceptors (Lipinski definition) is 4. The van der Waals surface area contributed by atoms with Gasteiger partial charge in [-0.25, -0.2) is 14.8 Å². The number of rotatable bonds is 2. The van der Waals surface area contributed by atoms with Crippen molar-refractivity contribution in [1.82, 2.24) is 19.9 Å². The second-order valence-electron chi connectivity index (χ2n) is 5.26. The van der Waals surface area contributed by atoms with Gasteiger partial charge in [-0.3, -0.25) is 14.8 Å². The molecule has 6 nitrogen and oxygen atoms in total. The number of nitrogens with one attached hydrogen (secondary N) is 2. The van der Waals surface area contributed by atoms with E-state index in [0.717, 1.165) is 11.1 Å². The van der Waals surface area contributed by atoms with Crippen LogP contribution in [0.1, 0.15) is 0 Å². The molecule has 0 unspecified atom stereocenters. The van der Waals surface area contributed by atoms with Crippen LogP contribution >= 0.6 is 0 Å². The maximum Gasteiger partial charge on any atom is 0.327 e. The van der Waals surface area contributed by atoms with Gasteiger partial charge in [0, 0.05) is 11.1 Å². The van der Waals surface area contributed by atoms with Crippen LogP contribution in [0, 0.1) is 0 Å². The predicted octanol–water partition coefficient (Wildman–Crippen LogP) is 2.34. The van der Waals surface area contributed by atoms with Crippen LogP contribution in [0.2, 0.25) is 0 Å². The summed E-state index contributed by atoms with van der Waals surface area (Å²) in [6.07, 6.45) is 0. The van der Waals surface area contributed by atoms with Crippen LogP contribution in [0.3, 0.4) is 0 Å². The van der Waals surface area contributed by atoms with E-state index in [9.17, 15) is 9.59 Å². The third kappa shape index (κ3) is 2.40. The van der Waals surface area contributed by atoms with Gasteiger partial charge in [0.05, 0.1) is 11.4 Å². The fourth-order valence-electron chi connectivity index (χ4n) is 2.58. The van der Waals surface area contributed by atoms with E-state index in [1.807, 2.05) is 60.7 Å². The van der Waals surface area contributed by atoms with E-state index >= 15 is 0 Å². The normalized spacial score (nSPS) is 10.8. The van der Waals surface area contributed by atoms with Gasteiger partial charge in [0.25, 0.3) is 5.56 Å². The number of benzene rings is 2. The molecule has 0 fully saturated rings. The molecule has 4 aromatic rings. The Hall–Kier alpha value is -3.54. The third-order valence-corrected chi connectivity index (χ3v) is 3.66. The van der Waals surface area contributed by atoms with Gasteiger partial charge in [0.2, 0.25) is 0 Å². The molecule has 0 bridgehead atoms. The molecule has 0 radical (unpaired) electrons. The highest BCUT2D eigenvalue weighted by atomic mass is 16.2. The van der Waals surface area contributed by atoms with Gasteiger partial charge in [-0.2, -0.15) is 0 Å². The summed E-state index contributed by atoms with van der Waals surface area (Å²) >= 11 is 0. The van der Waals surface area contributed by atoms with Crippen molar-refractivity contribution >= 4 is 11.2 Å². The van der Waals surface area contributed by atoms with Crippen LogP contribution in [0.15, 0.2) is 70.3 Å². The molecule has 0 spiro atoms. The molecule has 4 rings (SSSR count). The van der Waals surface area contributed by atoms with E-state index in [1.54, 1.807) is 0 Å². The largest absolute Gasteiger partial charge is 0.327 e. The molecule has 24 heavy (non-hydrogen) atoms. The third-order valence-electron chi connectivity index (χ3n) is 3.66. The van der Waals surface area contributed by atoms with Crippen molar-refractivity contribution in [2.75, 3.05) is 0 Å². The molecule has 116 valence electrons. The zero-order valence-corrected chi connectivity index (χ0v) is 12.5. The number of aromatic nitrogens is 4. The van der Waals surface area contributed by atoms with Crippen molar-refractivity contribution in [3.8, 4) is 22.5 Å². The van der Waals surface area contributed by atoms with Crippen molar-refractivity contribution in [3.05, 3.63) is 81.5 Å². The lowest BCUT2D eigenvalue weighted by Crippen LogP contribution is -2.23. The van der Waals surface area contributed by atoms with E-state index in [2.05, 4.69) is 19.9 Å². The fourth-order valence-corrected chi connectivity index (χ4v) is 2.58. The van der Waals surface area contributed by atoms with Crippen molar-refractivity contribution < 1.29 is 0 Å². The zero-order valence-electron chi connectivity index (χ0n) is 12.5. The highest BCUT2D eigenvalue weighted by Gasteiger charge is 2.15. The average Bonchev–Trinajstić information content (AvgIpc) is 2.62. The van der Waals surface area contributed by atoms with Crippen LogP contribution in [-0.2, 0) is 0 Å². The lowest BCUT2D eigenvalue weighted by atomic mass is 10.0. The molecule has 0 aliphatic carbocycles. The Balaban J connectivity index is 2.12. The number of hydrogen-bond donors (Lipinski definition) is 2. The van der Waals surface area contributed by atoms with Crippen LogP contribution in [0.25, 0.3) is 33.7 Å². The predicted molar refractivity (Wildman–Crippen MR) is 91.7 cm³/mol. The number of aromatic amines is 2. The van der Waals surface area contributed by atoms with E-state index in [1.165, 1.54) is 0 Å². The van der Waals surface area contributed by atoms with Gasteiger partial charge in [-0.15, -0.1) is 0 Å². The van der Waals surface area contributed by atoms with E-state index < -0.39 is 11.2 Å². The lowest BCUT2D eigenvalue weighted by Gasteiger charge is -2.09. The summed E-state index contributed by atoms with van der Waals surface area (Å²) in [6, 6.07) is 19.0. The summed E-state index contributed by atoms with van der Waals surface area (Å²) in [7, 11) is 0.